The van der Waals surface area contributed by atoms with Gasteiger partial charge in [-0.3, -0.25) is 0 Å². The van der Waals surface area contributed by atoms with Crippen LogP contribution in [0.15, 0.2) is 224 Å². The molecule has 0 radical (unpaired) electrons. The molecular weight excluding hydrogens is 749 g/mol. The molecule has 0 amide bonds. The largest absolute Gasteiger partial charge is 0.311 e. The number of unbranched alkanes of at least 4 members (excludes halogenated alkanes) is 1. The van der Waals surface area contributed by atoms with Crippen molar-refractivity contribution in [1.82, 2.24) is 4.57 Å². The summed E-state index contributed by atoms with van der Waals surface area (Å²) in [7, 11) is 0. The fourth-order valence-corrected chi connectivity index (χ4v) is 9.60. The molecule has 0 saturated heterocycles. The van der Waals surface area contributed by atoms with Gasteiger partial charge >= 0.3 is 0 Å². The van der Waals surface area contributed by atoms with E-state index in [1.54, 1.807) is 0 Å². The number of aryl methyl sites for hydroxylation is 1. The van der Waals surface area contributed by atoms with Gasteiger partial charge in [0, 0.05) is 33.5 Å². The summed E-state index contributed by atoms with van der Waals surface area (Å²) in [6.07, 6.45) is 3.49. The molecule has 0 aliphatic carbocycles. The zero-order valence-electron chi connectivity index (χ0n) is 34.9. The van der Waals surface area contributed by atoms with Gasteiger partial charge in [0.25, 0.3) is 0 Å². The molecule has 1 aromatic heterocycles. The first-order chi connectivity index (χ1) is 30.7. The van der Waals surface area contributed by atoms with Gasteiger partial charge in [-0.1, -0.05) is 165 Å². The SMILES string of the molecule is CCCCc1ccc2c(c1)c1cc(-c3ccc(N(c4ccccc4)c4ccc(-c5c6ccccc6c(-c6ccccc6)c6ccccc56)cc4)cc3)ccc1n2-c1ccccc1. The molecule has 0 aliphatic heterocycles. The number of aromatic nitrogens is 1. The standard InChI is InChI=1S/C60H46N2/c1-2-3-17-42-28-38-57-55(40-42)56-41-46(33-39-58(56)62(57)48-22-11-6-12-23-48)43-29-34-49(35-30-43)61(47-20-9-5-10-21-47)50-36-31-45(32-37-50)60-53-26-15-13-24-51(53)59(44-18-7-4-8-19-44)52-25-14-16-27-54(52)60/h4-16,18-41H,2-3,17H2,1H3. The second kappa shape index (κ2) is 16.1. The molecule has 11 rings (SSSR count). The number of hydrogen-bond donors (Lipinski definition) is 0. The Balaban J connectivity index is 0.984. The Labute approximate surface area is 363 Å². The molecule has 0 fully saturated rings. The zero-order chi connectivity index (χ0) is 41.4. The van der Waals surface area contributed by atoms with Crippen LogP contribution in [0.1, 0.15) is 25.3 Å². The van der Waals surface area contributed by atoms with Crippen molar-refractivity contribution < 1.29 is 0 Å². The summed E-state index contributed by atoms with van der Waals surface area (Å²) in [5, 5.41) is 7.63. The van der Waals surface area contributed by atoms with E-state index in [0.29, 0.717) is 0 Å². The summed E-state index contributed by atoms with van der Waals surface area (Å²) in [4.78, 5) is 2.36. The van der Waals surface area contributed by atoms with Crippen molar-refractivity contribution in [2.75, 3.05) is 4.90 Å². The maximum Gasteiger partial charge on any atom is 0.0541 e. The van der Waals surface area contributed by atoms with E-state index in [4.69, 9.17) is 0 Å². The first-order valence-electron chi connectivity index (χ1n) is 21.9. The number of benzene rings is 10. The van der Waals surface area contributed by atoms with E-state index in [1.165, 1.54) is 101 Å². The minimum Gasteiger partial charge on any atom is -0.311 e. The predicted molar refractivity (Wildman–Crippen MR) is 265 cm³/mol. The zero-order valence-corrected chi connectivity index (χ0v) is 34.9. The van der Waals surface area contributed by atoms with Crippen LogP contribution in [0, 0.1) is 0 Å². The van der Waals surface area contributed by atoms with E-state index in [2.05, 4.69) is 241 Å². The number of fused-ring (bicyclic) bond motifs is 5. The van der Waals surface area contributed by atoms with Crippen molar-refractivity contribution in [3.63, 3.8) is 0 Å². The van der Waals surface area contributed by atoms with E-state index < -0.39 is 0 Å². The van der Waals surface area contributed by atoms with Gasteiger partial charge in [0.15, 0.2) is 0 Å². The molecule has 2 nitrogen and oxygen atoms in total. The highest BCUT2D eigenvalue weighted by Gasteiger charge is 2.19. The minimum atomic E-state index is 1.10. The summed E-state index contributed by atoms with van der Waals surface area (Å²) < 4.78 is 2.41. The van der Waals surface area contributed by atoms with E-state index >= 15 is 0 Å². The summed E-state index contributed by atoms with van der Waals surface area (Å²) >= 11 is 0. The third-order valence-corrected chi connectivity index (χ3v) is 12.5. The molecule has 0 atom stereocenters. The Morgan fingerprint density at radius 3 is 1.35 bits per heavy atom. The van der Waals surface area contributed by atoms with Crippen LogP contribution < -0.4 is 4.90 Å². The van der Waals surface area contributed by atoms with Crippen LogP contribution in [0.2, 0.25) is 0 Å². The van der Waals surface area contributed by atoms with E-state index in [-0.39, 0.29) is 0 Å². The molecule has 0 spiro atoms. The Kier molecular flexibility index (Phi) is 9.67. The van der Waals surface area contributed by atoms with Crippen molar-refractivity contribution in [2.24, 2.45) is 0 Å². The number of rotatable bonds is 10. The number of nitrogens with zero attached hydrogens (tertiary/aromatic N) is 2. The normalized spacial score (nSPS) is 11.5. The lowest BCUT2D eigenvalue weighted by Crippen LogP contribution is -2.09. The van der Waals surface area contributed by atoms with Gasteiger partial charge in [-0.15, -0.1) is 0 Å². The topological polar surface area (TPSA) is 8.17 Å². The van der Waals surface area contributed by atoms with Crippen molar-refractivity contribution >= 4 is 60.4 Å². The van der Waals surface area contributed by atoms with Gasteiger partial charge in [-0.25, -0.2) is 0 Å². The van der Waals surface area contributed by atoms with Crippen molar-refractivity contribution in [3.05, 3.63) is 230 Å². The maximum atomic E-state index is 2.42. The maximum absolute atomic E-state index is 2.42. The second-order valence-corrected chi connectivity index (χ2v) is 16.3. The summed E-state index contributed by atoms with van der Waals surface area (Å²) in [6, 6.07) is 82.2. The molecule has 2 heteroatoms. The Morgan fingerprint density at radius 2 is 0.790 bits per heavy atom. The summed E-state index contributed by atoms with van der Waals surface area (Å²) in [5.41, 5.74) is 15.8. The van der Waals surface area contributed by atoms with Crippen LogP contribution >= 0.6 is 0 Å². The second-order valence-electron chi connectivity index (χ2n) is 16.3. The highest BCUT2D eigenvalue weighted by molar-refractivity contribution is 6.21. The lowest BCUT2D eigenvalue weighted by molar-refractivity contribution is 0.796. The molecule has 0 N–H and O–H groups in total. The molecule has 1 heterocycles. The molecule has 10 aromatic carbocycles. The van der Waals surface area contributed by atoms with E-state index in [0.717, 1.165) is 23.5 Å². The van der Waals surface area contributed by atoms with Crippen LogP contribution in [0.3, 0.4) is 0 Å². The first-order valence-corrected chi connectivity index (χ1v) is 21.9. The Bertz CT molecular complexity index is 3290. The predicted octanol–water partition coefficient (Wildman–Crippen LogP) is 16.9. The number of para-hydroxylation sites is 2. The molecule has 0 saturated carbocycles. The van der Waals surface area contributed by atoms with Gasteiger partial charge in [0.2, 0.25) is 0 Å². The highest BCUT2D eigenvalue weighted by Crippen LogP contribution is 2.45. The molecule has 296 valence electrons. The van der Waals surface area contributed by atoms with Crippen LogP contribution in [0.25, 0.3) is 82.4 Å². The Hall–Kier alpha value is -7.68. The smallest absolute Gasteiger partial charge is 0.0541 e. The first kappa shape index (κ1) is 37.3. The fraction of sp³-hybridized carbons (Fsp3) is 0.0667. The quantitative estimate of drug-likeness (QED) is 0.125. The molecule has 62 heavy (non-hydrogen) atoms. The molecule has 0 aliphatic rings. The summed E-state index contributed by atoms with van der Waals surface area (Å²) in [5.74, 6) is 0. The number of hydrogen-bond acceptors (Lipinski definition) is 1. The number of anilines is 3. The monoisotopic (exact) mass is 794 g/mol. The van der Waals surface area contributed by atoms with Crippen molar-refractivity contribution in [1.29, 1.82) is 0 Å². The molecule has 0 unspecified atom stereocenters. The third-order valence-electron chi connectivity index (χ3n) is 12.5. The van der Waals surface area contributed by atoms with Gasteiger partial charge in [0.1, 0.15) is 0 Å². The van der Waals surface area contributed by atoms with Crippen LogP contribution in [-0.2, 0) is 6.42 Å². The average Bonchev–Trinajstić information content (AvgIpc) is 3.67. The van der Waals surface area contributed by atoms with Crippen molar-refractivity contribution in [2.45, 2.75) is 26.2 Å². The Morgan fingerprint density at radius 1 is 0.355 bits per heavy atom. The van der Waals surface area contributed by atoms with Gasteiger partial charge in [-0.05, 0) is 146 Å². The third kappa shape index (κ3) is 6.62. The summed E-state index contributed by atoms with van der Waals surface area (Å²) in [6.45, 7) is 2.27. The van der Waals surface area contributed by atoms with Crippen molar-refractivity contribution in [3.8, 4) is 39.1 Å². The van der Waals surface area contributed by atoms with E-state index in [9.17, 15) is 0 Å². The van der Waals surface area contributed by atoms with Gasteiger partial charge < -0.3 is 9.47 Å². The lowest BCUT2D eigenvalue weighted by atomic mass is 9.86. The lowest BCUT2D eigenvalue weighted by Gasteiger charge is -2.26. The average molecular weight is 795 g/mol. The van der Waals surface area contributed by atoms with Crippen LogP contribution in [0.5, 0.6) is 0 Å². The molecular formula is C60H46N2. The van der Waals surface area contributed by atoms with Gasteiger partial charge in [-0.2, -0.15) is 0 Å². The fourth-order valence-electron chi connectivity index (χ4n) is 9.60. The van der Waals surface area contributed by atoms with E-state index in [1.807, 2.05) is 0 Å². The minimum absolute atomic E-state index is 1.10. The van der Waals surface area contributed by atoms with Crippen LogP contribution in [-0.4, -0.2) is 4.57 Å². The van der Waals surface area contributed by atoms with Gasteiger partial charge in [0.05, 0.1) is 11.0 Å². The molecule has 11 aromatic rings. The van der Waals surface area contributed by atoms with Crippen LogP contribution in [0.4, 0.5) is 17.1 Å². The highest BCUT2D eigenvalue weighted by atomic mass is 15.1. The molecule has 0 bridgehead atoms.